The molecule has 0 bridgehead atoms. The van der Waals surface area contributed by atoms with Gasteiger partial charge in [0.2, 0.25) is 0 Å². The number of nitrogens with one attached hydrogen (secondary N) is 1. The van der Waals surface area contributed by atoms with E-state index < -0.39 is 8.25 Å². The van der Waals surface area contributed by atoms with Crippen molar-refractivity contribution in [1.29, 1.82) is 0 Å². The zero-order valence-corrected chi connectivity index (χ0v) is 5.91. The molecule has 1 unspecified atom stereocenters. The van der Waals surface area contributed by atoms with Crippen LogP contribution in [0.15, 0.2) is 12.5 Å². The Kier molecular flexibility index (Phi) is 2.50. The molecule has 0 aliphatic rings. The molecule has 0 aromatic carbocycles. The molecule has 0 saturated heterocycles. The molecule has 0 radical (unpaired) electrons. The summed E-state index contributed by atoms with van der Waals surface area (Å²) in [5.41, 5.74) is 0.678. The third-order valence-electron chi connectivity index (χ3n) is 0.885. The molecule has 1 atom stereocenters. The average molecular weight is 161 g/mol. The van der Waals surface area contributed by atoms with Gasteiger partial charge in [0.15, 0.2) is 0 Å². The maximum Gasteiger partial charge on any atom is 0.695 e. The van der Waals surface area contributed by atoms with Crippen LogP contribution in [0.3, 0.4) is 0 Å². The molecular formula is C4H6N2O3P+. The van der Waals surface area contributed by atoms with Gasteiger partial charge in [-0.3, -0.25) is 0 Å². The first-order valence-electron chi connectivity index (χ1n) is 2.55. The van der Waals surface area contributed by atoms with Gasteiger partial charge in [0.1, 0.15) is 6.61 Å². The first-order chi connectivity index (χ1) is 4.79. The summed E-state index contributed by atoms with van der Waals surface area (Å²) in [4.78, 5) is 14.6. The molecule has 0 saturated carbocycles. The Bertz CT molecular complexity index is 210. The van der Waals surface area contributed by atoms with E-state index in [0.29, 0.717) is 5.69 Å². The van der Waals surface area contributed by atoms with Gasteiger partial charge in [-0.2, -0.15) is 0 Å². The minimum atomic E-state index is -2.50. The normalized spacial score (nSPS) is 11.5. The molecule has 6 heteroatoms. The lowest BCUT2D eigenvalue weighted by atomic mass is 10.5. The van der Waals surface area contributed by atoms with Gasteiger partial charge >= 0.3 is 8.25 Å². The van der Waals surface area contributed by atoms with Crippen molar-refractivity contribution in [2.45, 2.75) is 6.61 Å². The van der Waals surface area contributed by atoms with Crippen LogP contribution in [0.4, 0.5) is 0 Å². The van der Waals surface area contributed by atoms with Gasteiger partial charge in [0.05, 0.1) is 18.2 Å². The van der Waals surface area contributed by atoms with E-state index in [2.05, 4.69) is 14.5 Å². The minimum Gasteiger partial charge on any atom is -0.346 e. The maximum absolute atomic E-state index is 9.99. The number of hydrogen-bond acceptors (Lipinski definition) is 3. The molecule has 0 amide bonds. The molecule has 0 fully saturated rings. The summed E-state index contributed by atoms with van der Waals surface area (Å²) in [7, 11) is -2.50. The molecule has 10 heavy (non-hydrogen) atoms. The molecule has 1 aromatic heterocycles. The minimum absolute atomic E-state index is 0.0890. The Balaban J connectivity index is 2.35. The molecular weight excluding hydrogens is 155 g/mol. The second kappa shape index (κ2) is 3.41. The van der Waals surface area contributed by atoms with Gasteiger partial charge in [0.25, 0.3) is 0 Å². The number of aromatic amines is 1. The second-order valence-electron chi connectivity index (χ2n) is 1.59. The lowest BCUT2D eigenvalue weighted by Crippen LogP contribution is -1.83. The van der Waals surface area contributed by atoms with Gasteiger partial charge < -0.3 is 4.98 Å². The van der Waals surface area contributed by atoms with Crippen LogP contribution in [0.2, 0.25) is 0 Å². The van der Waals surface area contributed by atoms with Gasteiger partial charge in [-0.25, -0.2) is 4.98 Å². The van der Waals surface area contributed by atoms with Crippen molar-refractivity contribution < 1.29 is 14.0 Å². The zero-order chi connectivity index (χ0) is 7.40. The monoisotopic (exact) mass is 161 g/mol. The van der Waals surface area contributed by atoms with E-state index in [1.807, 2.05) is 0 Å². The smallest absolute Gasteiger partial charge is 0.346 e. The van der Waals surface area contributed by atoms with Crippen LogP contribution in [0.5, 0.6) is 0 Å². The van der Waals surface area contributed by atoms with Crippen molar-refractivity contribution in [2.24, 2.45) is 0 Å². The zero-order valence-electron chi connectivity index (χ0n) is 5.02. The van der Waals surface area contributed by atoms with E-state index in [4.69, 9.17) is 4.89 Å². The highest BCUT2D eigenvalue weighted by Crippen LogP contribution is 2.16. The summed E-state index contributed by atoms with van der Waals surface area (Å²) in [5.74, 6) is 0. The highest BCUT2D eigenvalue weighted by molar-refractivity contribution is 7.32. The first kappa shape index (κ1) is 7.34. The van der Waals surface area contributed by atoms with Crippen molar-refractivity contribution in [3.63, 3.8) is 0 Å². The molecule has 0 spiro atoms. The van der Waals surface area contributed by atoms with Gasteiger partial charge in [-0.1, -0.05) is 0 Å². The summed E-state index contributed by atoms with van der Waals surface area (Å²) in [6.07, 6.45) is 3.00. The summed E-state index contributed by atoms with van der Waals surface area (Å²) >= 11 is 0. The molecule has 0 aliphatic heterocycles. The lowest BCUT2D eigenvalue weighted by molar-refractivity contribution is 0.269. The molecule has 54 valence electrons. The summed E-state index contributed by atoms with van der Waals surface area (Å²) < 4.78 is 14.4. The first-order valence-corrected chi connectivity index (χ1v) is 3.68. The van der Waals surface area contributed by atoms with Crippen LogP contribution in [-0.2, 0) is 15.7 Å². The Morgan fingerprint density at radius 3 is 3.20 bits per heavy atom. The summed E-state index contributed by atoms with van der Waals surface area (Å²) in [6.45, 7) is 0.0890. The van der Waals surface area contributed by atoms with Gasteiger partial charge in [-0.15, -0.1) is 9.42 Å². The third-order valence-corrected chi connectivity index (χ3v) is 1.24. The third kappa shape index (κ3) is 2.23. The lowest BCUT2D eigenvalue weighted by Gasteiger charge is -1.82. The van der Waals surface area contributed by atoms with E-state index in [1.165, 1.54) is 12.5 Å². The molecule has 2 N–H and O–H groups in total. The van der Waals surface area contributed by atoms with Crippen molar-refractivity contribution in [3.8, 4) is 0 Å². The molecule has 5 nitrogen and oxygen atoms in total. The predicted molar refractivity (Wildman–Crippen MR) is 33.2 cm³/mol. The van der Waals surface area contributed by atoms with Crippen LogP contribution in [0.1, 0.15) is 5.69 Å². The molecule has 1 aromatic rings. The topological polar surface area (TPSA) is 75.2 Å². The second-order valence-corrected chi connectivity index (χ2v) is 2.32. The van der Waals surface area contributed by atoms with E-state index in [-0.39, 0.29) is 6.61 Å². The van der Waals surface area contributed by atoms with Crippen LogP contribution in [0, 0.1) is 0 Å². The SMILES string of the molecule is O=[P+](O)OCc1cnc[nH]1. The van der Waals surface area contributed by atoms with Crippen LogP contribution >= 0.6 is 8.25 Å². The Morgan fingerprint density at radius 2 is 2.70 bits per heavy atom. The molecule has 1 heterocycles. The maximum atomic E-state index is 9.99. The van der Waals surface area contributed by atoms with Crippen LogP contribution < -0.4 is 0 Å². The van der Waals surface area contributed by atoms with Crippen molar-refractivity contribution in [1.82, 2.24) is 9.97 Å². The number of nitrogens with zero attached hydrogens (tertiary/aromatic N) is 1. The molecule has 0 aliphatic carbocycles. The van der Waals surface area contributed by atoms with E-state index in [9.17, 15) is 4.57 Å². The van der Waals surface area contributed by atoms with Crippen LogP contribution in [0.25, 0.3) is 0 Å². The number of imidazole rings is 1. The van der Waals surface area contributed by atoms with Crippen molar-refractivity contribution in [2.75, 3.05) is 0 Å². The summed E-state index contributed by atoms with van der Waals surface area (Å²) in [6, 6.07) is 0. The quantitative estimate of drug-likeness (QED) is 0.635. The molecule has 1 rings (SSSR count). The van der Waals surface area contributed by atoms with Crippen molar-refractivity contribution >= 4 is 8.25 Å². The average Bonchev–Trinajstić information content (AvgIpc) is 2.34. The van der Waals surface area contributed by atoms with Crippen LogP contribution in [-0.4, -0.2) is 14.9 Å². The Hall–Kier alpha value is -0.770. The predicted octanol–water partition coefficient (Wildman–Crippen LogP) is 0.576. The van der Waals surface area contributed by atoms with E-state index in [1.54, 1.807) is 0 Å². The number of hydrogen-bond donors (Lipinski definition) is 2. The van der Waals surface area contributed by atoms with Crippen molar-refractivity contribution in [3.05, 3.63) is 18.2 Å². The van der Waals surface area contributed by atoms with E-state index >= 15 is 0 Å². The Labute approximate surface area is 58.0 Å². The Morgan fingerprint density at radius 1 is 1.90 bits per heavy atom. The highest BCUT2D eigenvalue weighted by Gasteiger charge is 2.11. The largest absolute Gasteiger partial charge is 0.695 e. The highest BCUT2D eigenvalue weighted by atomic mass is 31.1. The van der Waals surface area contributed by atoms with Gasteiger partial charge in [0, 0.05) is 4.57 Å². The standard InChI is InChI=1S/C4H5N2O3P/c7-10(8)9-2-4-1-5-3-6-4/h1,3H,2H2,(H-,5,6,7,8)/p+1. The van der Waals surface area contributed by atoms with E-state index in [0.717, 1.165) is 0 Å². The number of H-pyrrole nitrogens is 1. The number of rotatable bonds is 3. The fraction of sp³-hybridized carbons (Fsp3) is 0.250. The fourth-order valence-corrected chi connectivity index (χ4v) is 0.738. The fourth-order valence-electron chi connectivity index (χ4n) is 0.488. The number of aromatic nitrogens is 2. The van der Waals surface area contributed by atoms with Gasteiger partial charge in [-0.05, 0) is 0 Å². The summed E-state index contributed by atoms with van der Waals surface area (Å²) in [5, 5.41) is 0.